The molecule has 90 valence electrons. The number of hydrogen-bond donors (Lipinski definition) is 2. The van der Waals surface area contributed by atoms with Crippen molar-refractivity contribution < 1.29 is 9.84 Å². The minimum Gasteiger partial charge on any atom is -0.504 e. The van der Waals surface area contributed by atoms with Gasteiger partial charge in [-0.15, -0.1) is 0 Å². The molecule has 3 heteroatoms. The van der Waals surface area contributed by atoms with E-state index in [1.807, 2.05) is 24.3 Å². The van der Waals surface area contributed by atoms with Gasteiger partial charge in [-0.3, -0.25) is 0 Å². The Hall–Kier alpha value is -2.42. The van der Waals surface area contributed by atoms with Crippen LogP contribution >= 0.6 is 0 Å². The number of aromatic amines is 1. The molecular formula is C15H13NO2. The fourth-order valence-electron chi connectivity index (χ4n) is 1.95. The molecule has 2 N–H and O–H groups in total. The van der Waals surface area contributed by atoms with Crippen LogP contribution in [0.15, 0.2) is 54.6 Å². The third-order valence-electron chi connectivity index (χ3n) is 2.83. The van der Waals surface area contributed by atoms with Crippen molar-refractivity contribution in [3.05, 3.63) is 60.3 Å². The lowest BCUT2D eigenvalue weighted by Crippen LogP contribution is -1.95. The van der Waals surface area contributed by atoms with Crippen molar-refractivity contribution in [2.45, 2.75) is 6.61 Å². The second-order valence-corrected chi connectivity index (χ2v) is 4.14. The third-order valence-corrected chi connectivity index (χ3v) is 2.83. The molecule has 0 bridgehead atoms. The van der Waals surface area contributed by atoms with Crippen molar-refractivity contribution in [2.75, 3.05) is 0 Å². The summed E-state index contributed by atoms with van der Waals surface area (Å²) in [5.74, 6) is 0.657. The highest BCUT2D eigenvalue weighted by Gasteiger charge is 2.03. The molecule has 3 aromatic rings. The molecule has 2 aromatic carbocycles. The van der Waals surface area contributed by atoms with Gasteiger partial charge in [-0.1, -0.05) is 30.3 Å². The SMILES string of the molecule is Oc1ccccc1OCc1cc2ccccc2[nH]1. The zero-order valence-electron chi connectivity index (χ0n) is 9.76. The lowest BCUT2D eigenvalue weighted by Gasteiger charge is -2.05. The van der Waals surface area contributed by atoms with Gasteiger partial charge in [0.05, 0.1) is 5.69 Å². The average Bonchev–Trinajstić information content (AvgIpc) is 2.80. The summed E-state index contributed by atoms with van der Waals surface area (Å²) in [6, 6.07) is 17.1. The summed E-state index contributed by atoms with van der Waals surface area (Å²) < 4.78 is 5.57. The predicted molar refractivity (Wildman–Crippen MR) is 70.7 cm³/mol. The molecule has 0 amide bonds. The molecule has 0 unspecified atom stereocenters. The summed E-state index contributed by atoms with van der Waals surface area (Å²) in [7, 11) is 0. The number of ether oxygens (including phenoxy) is 1. The highest BCUT2D eigenvalue weighted by molar-refractivity contribution is 5.80. The normalized spacial score (nSPS) is 10.7. The molecule has 0 aliphatic heterocycles. The quantitative estimate of drug-likeness (QED) is 0.735. The number of aromatic hydroxyl groups is 1. The van der Waals surface area contributed by atoms with Crippen LogP contribution in [0.5, 0.6) is 11.5 Å². The highest BCUT2D eigenvalue weighted by Crippen LogP contribution is 2.25. The number of hydrogen-bond acceptors (Lipinski definition) is 2. The van der Waals surface area contributed by atoms with E-state index >= 15 is 0 Å². The summed E-state index contributed by atoms with van der Waals surface area (Å²) in [6.07, 6.45) is 0. The maximum atomic E-state index is 9.59. The van der Waals surface area contributed by atoms with Crippen LogP contribution in [0.3, 0.4) is 0 Å². The van der Waals surface area contributed by atoms with Crippen LogP contribution in [0.25, 0.3) is 10.9 Å². The first-order chi connectivity index (χ1) is 8.83. The molecule has 0 saturated heterocycles. The van der Waals surface area contributed by atoms with E-state index in [2.05, 4.69) is 17.1 Å². The molecule has 0 fully saturated rings. The van der Waals surface area contributed by atoms with E-state index in [-0.39, 0.29) is 5.75 Å². The molecule has 0 saturated carbocycles. The van der Waals surface area contributed by atoms with Gasteiger partial charge in [0, 0.05) is 5.52 Å². The number of aromatic nitrogens is 1. The largest absolute Gasteiger partial charge is 0.504 e. The van der Waals surface area contributed by atoms with Gasteiger partial charge in [-0.2, -0.15) is 0 Å². The number of nitrogens with one attached hydrogen (secondary N) is 1. The van der Waals surface area contributed by atoms with Gasteiger partial charge in [0.1, 0.15) is 6.61 Å². The number of fused-ring (bicyclic) bond motifs is 1. The number of rotatable bonds is 3. The second-order valence-electron chi connectivity index (χ2n) is 4.14. The van der Waals surface area contributed by atoms with Crippen LogP contribution in [0.4, 0.5) is 0 Å². The molecule has 3 rings (SSSR count). The first kappa shape index (κ1) is 10.7. The Bertz CT molecular complexity index is 640. The van der Waals surface area contributed by atoms with Crippen molar-refractivity contribution in [3.63, 3.8) is 0 Å². The molecule has 0 spiro atoms. The Balaban J connectivity index is 1.79. The monoisotopic (exact) mass is 239 g/mol. The zero-order chi connectivity index (χ0) is 12.4. The maximum Gasteiger partial charge on any atom is 0.161 e. The molecule has 18 heavy (non-hydrogen) atoms. The highest BCUT2D eigenvalue weighted by atomic mass is 16.5. The summed E-state index contributed by atoms with van der Waals surface area (Å²) in [6.45, 7) is 0.409. The van der Waals surface area contributed by atoms with Gasteiger partial charge in [-0.05, 0) is 29.7 Å². The second kappa shape index (κ2) is 4.45. The molecule has 0 aliphatic carbocycles. The molecule has 3 nitrogen and oxygen atoms in total. The van der Waals surface area contributed by atoms with E-state index in [0.29, 0.717) is 12.4 Å². The van der Waals surface area contributed by atoms with Crippen LogP contribution in [-0.2, 0) is 6.61 Å². The maximum absolute atomic E-state index is 9.59. The smallest absolute Gasteiger partial charge is 0.161 e. The van der Waals surface area contributed by atoms with E-state index in [0.717, 1.165) is 16.6 Å². The van der Waals surface area contributed by atoms with E-state index < -0.39 is 0 Å². The number of H-pyrrole nitrogens is 1. The van der Waals surface area contributed by atoms with Gasteiger partial charge >= 0.3 is 0 Å². The Labute approximate surface area is 105 Å². The van der Waals surface area contributed by atoms with Gasteiger partial charge < -0.3 is 14.8 Å². The Kier molecular flexibility index (Phi) is 2.65. The van der Waals surface area contributed by atoms with E-state index in [1.54, 1.807) is 18.2 Å². The fraction of sp³-hybridized carbons (Fsp3) is 0.0667. The Morgan fingerprint density at radius 3 is 2.61 bits per heavy atom. The molecular weight excluding hydrogens is 226 g/mol. The number of phenolic OH excluding ortho intramolecular Hbond substituents is 1. The van der Waals surface area contributed by atoms with Crippen LogP contribution in [0.2, 0.25) is 0 Å². The predicted octanol–water partition coefficient (Wildman–Crippen LogP) is 3.45. The van der Waals surface area contributed by atoms with Crippen LogP contribution in [0.1, 0.15) is 5.69 Å². The minimum absolute atomic E-state index is 0.161. The van der Waals surface area contributed by atoms with Crippen LogP contribution < -0.4 is 4.74 Å². The standard InChI is InChI=1S/C15H13NO2/c17-14-7-3-4-8-15(14)18-10-12-9-11-5-1-2-6-13(11)16-12/h1-9,16-17H,10H2. The molecule has 0 atom stereocenters. The number of benzene rings is 2. The summed E-state index contributed by atoms with van der Waals surface area (Å²) >= 11 is 0. The van der Waals surface area contributed by atoms with E-state index in [1.165, 1.54) is 0 Å². The van der Waals surface area contributed by atoms with Crippen LogP contribution in [-0.4, -0.2) is 10.1 Å². The van der Waals surface area contributed by atoms with E-state index in [4.69, 9.17) is 4.74 Å². The van der Waals surface area contributed by atoms with Gasteiger partial charge in [0.2, 0.25) is 0 Å². The third kappa shape index (κ3) is 2.02. The summed E-state index contributed by atoms with van der Waals surface area (Å²) in [5.41, 5.74) is 2.08. The van der Waals surface area contributed by atoms with Gasteiger partial charge in [-0.25, -0.2) is 0 Å². The minimum atomic E-state index is 0.161. The lowest BCUT2D eigenvalue weighted by atomic mass is 10.2. The Morgan fingerprint density at radius 2 is 1.78 bits per heavy atom. The van der Waals surface area contributed by atoms with Crippen molar-refractivity contribution >= 4 is 10.9 Å². The molecule has 1 aromatic heterocycles. The lowest BCUT2D eigenvalue weighted by molar-refractivity contribution is 0.286. The fourth-order valence-corrected chi connectivity index (χ4v) is 1.95. The topological polar surface area (TPSA) is 45.2 Å². The summed E-state index contributed by atoms with van der Waals surface area (Å²) in [5, 5.41) is 10.8. The number of para-hydroxylation sites is 3. The van der Waals surface area contributed by atoms with Crippen molar-refractivity contribution in [1.29, 1.82) is 0 Å². The zero-order valence-corrected chi connectivity index (χ0v) is 9.76. The van der Waals surface area contributed by atoms with Crippen LogP contribution in [0, 0.1) is 0 Å². The molecule has 1 heterocycles. The first-order valence-corrected chi connectivity index (χ1v) is 5.80. The van der Waals surface area contributed by atoms with Gasteiger partial charge in [0.25, 0.3) is 0 Å². The Morgan fingerprint density at radius 1 is 1.00 bits per heavy atom. The first-order valence-electron chi connectivity index (χ1n) is 5.80. The summed E-state index contributed by atoms with van der Waals surface area (Å²) in [4.78, 5) is 3.28. The van der Waals surface area contributed by atoms with Gasteiger partial charge in [0.15, 0.2) is 11.5 Å². The van der Waals surface area contributed by atoms with E-state index in [9.17, 15) is 5.11 Å². The number of phenols is 1. The molecule has 0 aliphatic rings. The van der Waals surface area contributed by atoms with Crippen molar-refractivity contribution in [3.8, 4) is 11.5 Å². The van der Waals surface area contributed by atoms with Crippen molar-refractivity contribution in [2.24, 2.45) is 0 Å². The average molecular weight is 239 g/mol. The molecule has 0 radical (unpaired) electrons. The van der Waals surface area contributed by atoms with Crippen molar-refractivity contribution in [1.82, 2.24) is 4.98 Å².